The van der Waals surface area contributed by atoms with Crippen LogP contribution in [0.25, 0.3) is 0 Å². The van der Waals surface area contributed by atoms with Crippen LogP contribution in [0.15, 0.2) is 12.2 Å². The lowest BCUT2D eigenvalue weighted by atomic mass is 10.0. The molecule has 0 saturated carbocycles. The summed E-state index contributed by atoms with van der Waals surface area (Å²) < 4.78 is 16.1. The van der Waals surface area contributed by atoms with Crippen LogP contribution in [-0.4, -0.2) is 31.1 Å². The Morgan fingerprint density at radius 1 is 1.44 bits per heavy atom. The number of hydrogen-bond acceptors (Lipinski definition) is 4. The Morgan fingerprint density at radius 2 is 2.00 bits per heavy atom. The average Bonchev–Trinajstić information content (AvgIpc) is 2.59. The standard InChI is InChI=1S/C12H20O4/c1-9(2)11(16-10(3)13)5-6-12(4)14-7-8-15-12/h11H,1,5-8H2,2-4H3. The lowest BCUT2D eigenvalue weighted by Crippen LogP contribution is -2.28. The van der Waals surface area contributed by atoms with Crippen molar-refractivity contribution in [2.75, 3.05) is 13.2 Å². The lowest BCUT2D eigenvalue weighted by Gasteiger charge is -2.25. The van der Waals surface area contributed by atoms with Gasteiger partial charge in [-0.2, -0.15) is 0 Å². The maximum atomic E-state index is 10.9. The summed E-state index contributed by atoms with van der Waals surface area (Å²) in [6.45, 7) is 10.2. The second-order valence-electron chi connectivity index (χ2n) is 4.31. The maximum Gasteiger partial charge on any atom is 0.303 e. The molecule has 0 N–H and O–H groups in total. The fourth-order valence-electron chi connectivity index (χ4n) is 1.70. The van der Waals surface area contributed by atoms with Gasteiger partial charge < -0.3 is 14.2 Å². The van der Waals surface area contributed by atoms with E-state index in [2.05, 4.69) is 6.58 Å². The normalized spacial score (nSPS) is 20.4. The summed E-state index contributed by atoms with van der Waals surface area (Å²) in [4.78, 5) is 10.9. The molecule has 1 aliphatic heterocycles. The summed E-state index contributed by atoms with van der Waals surface area (Å²) in [5.74, 6) is -0.820. The van der Waals surface area contributed by atoms with Gasteiger partial charge >= 0.3 is 5.97 Å². The van der Waals surface area contributed by atoms with E-state index in [9.17, 15) is 4.79 Å². The van der Waals surface area contributed by atoms with Crippen LogP contribution < -0.4 is 0 Å². The summed E-state index contributed by atoms with van der Waals surface area (Å²) in [7, 11) is 0. The number of carbonyl (C=O) groups is 1. The van der Waals surface area contributed by atoms with Gasteiger partial charge in [0.1, 0.15) is 6.10 Å². The number of carbonyl (C=O) groups excluding carboxylic acids is 1. The van der Waals surface area contributed by atoms with Gasteiger partial charge in [-0.15, -0.1) is 0 Å². The first-order chi connectivity index (χ1) is 7.43. The molecule has 0 aromatic carbocycles. The molecular weight excluding hydrogens is 208 g/mol. The second kappa shape index (κ2) is 5.46. The van der Waals surface area contributed by atoms with Crippen molar-refractivity contribution in [2.24, 2.45) is 0 Å². The van der Waals surface area contributed by atoms with E-state index >= 15 is 0 Å². The average molecular weight is 228 g/mol. The minimum absolute atomic E-state index is 0.248. The van der Waals surface area contributed by atoms with Gasteiger partial charge in [-0.05, 0) is 25.8 Å². The van der Waals surface area contributed by atoms with E-state index in [1.807, 2.05) is 13.8 Å². The molecule has 0 spiro atoms. The molecule has 4 nitrogen and oxygen atoms in total. The van der Waals surface area contributed by atoms with Gasteiger partial charge in [0.25, 0.3) is 0 Å². The van der Waals surface area contributed by atoms with E-state index in [4.69, 9.17) is 14.2 Å². The third-order valence-corrected chi connectivity index (χ3v) is 2.62. The predicted octanol–water partition coefficient (Wildman–Crippen LogP) is 2.04. The summed E-state index contributed by atoms with van der Waals surface area (Å²) >= 11 is 0. The van der Waals surface area contributed by atoms with Crippen molar-refractivity contribution < 1.29 is 19.0 Å². The monoisotopic (exact) mass is 228 g/mol. The molecule has 1 heterocycles. The first-order valence-corrected chi connectivity index (χ1v) is 5.53. The SMILES string of the molecule is C=C(C)C(CCC1(C)OCCO1)OC(C)=O. The summed E-state index contributed by atoms with van der Waals surface area (Å²) in [5, 5.41) is 0. The van der Waals surface area contributed by atoms with E-state index < -0.39 is 5.79 Å². The van der Waals surface area contributed by atoms with Crippen LogP contribution in [0.3, 0.4) is 0 Å². The zero-order chi connectivity index (χ0) is 12.2. The van der Waals surface area contributed by atoms with Gasteiger partial charge in [0.15, 0.2) is 5.79 Å². The Balaban J connectivity index is 2.43. The molecule has 1 saturated heterocycles. The molecular formula is C12H20O4. The van der Waals surface area contributed by atoms with Crippen LogP contribution in [0.5, 0.6) is 0 Å². The van der Waals surface area contributed by atoms with Gasteiger partial charge in [-0.25, -0.2) is 0 Å². The fraction of sp³-hybridized carbons (Fsp3) is 0.750. The van der Waals surface area contributed by atoms with Crippen LogP contribution in [0.4, 0.5) is 0 Å². The molecule has 0 aromatic heterocycles. The molecule has 4 heteroatoms. The summed E-state index contributed by atoms with van der Waals surface area (Å²) in [6, 6.07) is 0. The highest BCUT2D eigenvalue weighted by atomic mass is 16.7. The second-order valence-corrected chi connectivity index (χ2v) is 4.31. The molecule has 0 bridgehead atoms. The van der Waals surface area contributed by atoms with E-state index in [1.54, 1.807) is 0 Å². The van der Waals surface area contributed by atoms with E-state index in [1.165, 1.54) is 6.92 Å². The van der Waals surface area contributed by atoms with E-state index in [0.29, 0.717) is 26.1 Å². The largest absolute Gasteiger partial charge is 0.458 e. The van der Waals surface area contributed by atoms with Crippen molar-refractivity contribution in [1.29, 1.82) is 0 Å². The predicted molar refractivity (Wildman–Crippen MR) is 59.9 cm³/mol. The molecule has 1 rings (SSSR count). The first-order valence-electron chi connectivity index (χ1n) is 5.53. The Bertz CT molecular complexity index is 266. The molecule has 1 aliphatic rings. The highest BCUT2D eigenvalue weighted by Gasteiger charge is 2.32. The van der Waals surface area contributed by atoms with Crippen molar-refractivity contribution in [2.45, 2.75) is 45.5 Å². The van der Waals surface area contributed by atoms with Crippen molar-refractivity contribution >= 4 is 5.97 Å². The zero-order valence-electron chi connectivity index (χ0n) is 10.2. The van der Waals surface area contributed by atoms with Gasteiger partial charge in [0.05, 0.1) is 13.2 Å². The molecule has 16 heavy (non-hydrogen) atoms. The quantitative estimate of drug-likeness (QED) is 0.533. The van der Waals surface area contributed by atoms with E-state index in [-0.39, 0.29) is 12.1 Å². The van der Waals surface area contributed by atoms with E-state index in [0.717, 1.165) is 5.57 Å². The van der Waals surface area contributed by atoms with Crippen molar-refractivity contribution in [3.8, 4) is 0 Å². The topological polar surface area (TPSA) is 44.8 Å². The number of ether oxygens (including phenoxy) is 3. The molecule has 1 atom stereocenters. The molecule has 0 amide bonds. The number of rotatable bonds is 5. The Kier molecular flexibility index (Phi) is 4.50. The number of esters is 1. The maximum absolute atomic E-state index is 10.9. The highest BCUT2D eigenvalue weighted by Crippen LogP contribution is 2.26. The summed E-state index contributed by atoms with van der Waals surface area (Å²) in [5.41, 5.74) is 0.844. The third-order valence-electron chi connectivity index (χ3n) is 2.62. The van der Waals surface area contributed by atoms with Crippen molar-refractivity contribution in [3.63, 3.8) is 0 Å². The Hall–Kier alpha value is -0.870. The van der Waals surface area contributed by atoms with Crippen LogP contribution >= 0.6 is 0 Å². The minimum Gasteiger partial charge on any atom is -0.458 e. The van der Waals surface area contributed by atoms with Gasteiger partial charge in [0.2, 0.25) is 0 Å². The molecule has 1 unspecified atom stereocenters. The van der Waals surface area contributed by atoms with Crippen LogP contribution in [-0.2, 0) is 19.0 Å². The Morgan fingerprint density at radius 3 is 2.44 bits per heavy atom. The van der Waals surface area contributed by atoms with Gasteiger partial charge in [0, 0.05) is 13.3 Å². The molecule has 0 radical (unpaired) electrons. The molecule has 1 fully saturated rings. The Labute approximate surface area is 96.6 Å². The minimum atomic E-state index is -0.534. The third kappa shape index (κ3) is 3.94. The number of hydrogen-bond donors (Lipinski definition) is 0. The van der Waals surface area contributed by atoms with Crippen LogP contribution in [0.1, 0.15) is 33.6 Å². The van der Waals surface area contributed by atoms with Crippen LogP contribution in [0, 0.1) is 0 Å². The smallest absolute Gasteiger partial charge is 0.303 e. The van der Waals surface area contributed by atoms with Crippen molar-refractivity contribution in [3.05, 3.63) is 12.2 Å². The van der Waals surface area contributed by atoms with Gasteiger partial charge in [-0.1, -0.05) is 6.58 Å². The van der Waals surface area contributed by atoms with Crippen LogP contribution in [0.2, 0.25) is 0 Å². The highest BCUT2D eigenvalue weighted by molar-refractivity contribution is 5.66. The molecule has 0 aliphatic carbocycles. The molecule has 0 aromatic rings. The van der Waals surface area contributed by atoms with Gasteiger partial charge in [-0.3, -0.25) is 4.79 Å². The first kappa shape index (κ1) is 13.2. The fourth-order valence-corrected chi connectivity index (χ4v) is 1.70. The zero-order valence-corrected chi connectivity index (χ0v) is 10.2. The molecule has 92 valence electrons. The van der Waals surface area contributed by atoms with Crippen molar-refractivity contribution in [1.82, 2.24) is 0 Å². The lowest BCUT2D eigenvalue weighted by molar-refractivity contribution is -0.158. The summed E-state index contributed by atoms with van der Waals surface area (Å²) in [6.07, 6.45) is 1.12.